The lowest BCUT2D eigenvalue weighted by molar-refractivity contribution is 0.257. The van der Waals surface area contributed by atoms with Crippen molar-refractivity contribution in [1.29, 1.82) is 0 Å². The summed E-state index contributed by atoms with van der Waals surface area (Å²) in [5.41, 5.74) is 2.90. The molecule has 0 aromatic carbocycles. The van der Waals surface area contributed by atoms with E-state index in [0.717, 1.165) is 24.4 Å². The summed E-state index contributed by atoms with van der Waals surface area (Å²) >= 11 is 0. The third kappa shape index (κ3) is 4.76. The third-order valence-corrected chi connectivity index (χ3v) is 4.06. The molecule has 3 aliphatic rings. The second-order valence-corrected chi connectivity index (χ2v) is 6.99. The Kier molecular flexibility index (Phi) is 5.05. The SMILES string of the molecule is CC1(C)CC(=CC=C2C=CC=CO2)C=C(C=CC2=CC=CCO2)C1. The van der Waals surface area contributed by atoms with Crippen molar-refractivity contribution >= 4 is 0 Å². The largest absolute Gasteiger partial charge is 0.490 e. The highest BCUT2D eigenvalue weighted by atomic mass is 16.5. The molecule has 0 bridgehead atoms. The average molecular weight is 320 g/mol. The van der Waals surface area contributed by atoms with E-state index >= 15 is 0 Å². The van der Waals surface area contributed by atoms with Gasteiger partial charge >= 0.3 is 0 Å². The summed E-state index contributed by atoms with van der Waals surface area (Å²) in [4.78, 5) is 0. The molecule has 0 atom stereocenters. The first-order chi connectivity index (χ1) is 11.6. The molecule has 2 nitrogen and oxygen atoms in total. The van der Waals surface area contributed by atoms with E-state index in [1.165, 1.54) is 11.1 Å². The second kappa shape index (κ2) is 7.39. The molecule has 2 aliphatic heterocycles. The summed E-state index contributed by atoms with van der Waals surface area (Å²) in [5, 5.41) is 0. The zero-order valence-electron chi connectivity index (χ0n) is 14.4. The molecular formula is C22H24O2. The zero-order valence-corrected chi connectivity index (χ0v) is 14.4. The second-order valence-electron chi connectivity index (χ2n) is 6.99. The highest BCUT2D eigenvalue weighted by molar-refractivity contribution is 5.40. The van der Waals surface area contributed by atoms with Crippen molar-refractivity contribution in [3.05, 3.63) is 95.8 Å². The highest BCUT2D eigenvalue weighted by Crippen LogP contribution is 2.38. The van der Waals surface area contributed by atoms with Crippen molar-refractivity contribution in [3.8, 4) is 0 Å². The molecule has 124 valence electrons. The summed E-state index contributed by atoms with van der Waals surface area (Å²) in [6, 6.07) is 0. The lowest BCUT2D eigenvalue weighted by Crippen LogP contribution is -2.16. The van der Waals surface area contributed by atoms with Crippen LogP contribution in [0.2, 0.25) is 0 Å². The van der Waals surface area contributed by atoms with Crippen LogP contribution in [-0.4, -0.2) is 6.61 Å². The smallest absolute Gasteiger partial charge is 0.126 e. The van der Waals surface area contributed by atoms with Crippen molar-refractivity contribution in [1.82, 2.24) is 0 Å². The summed E-state index contributed by atoms with van der Waals surface area (Å²) in [6.45, 7) is 5.28. The summed E-state index contributed by atoms with van der Waals surface area (Å²) in [7, 11) is 0. The molecule has 3 rings (SSSR count). The standard InChI is InChI=1S/C22H24O2/c1-22(2)16-18(9-11-20-7-3-5-13-23-20)15-19(17-22)10-12-21-8-4-6-14-24-21/h3-13,15H,14,16-17H2,1-2H3. The van der Waals surface area contributed by atoms with Gasteiger partial charge < -0.3 is 9.47 Å². The molecule has 2 heterocycles. The van der Waals surface area contributed by atoms with Gasteiger partial charge in [0.2, 0.25) is 0 Å². The van der Waals surface area contributed by atoms with Crippen molar-refractivity contribution in [3.63, 3.8) is 0 Å². The molecule has 0 aromatic rings. The monoisotopic (exact) mass is 320 g/mol. The Bertz CT molecular complexity index is 719. The number of rotatable bonds is 3. The van der Waals surface area contributed by atoms with Crippen LogP contribution in [-0.2, 0) is 9.47 Å². The van der Waals surface area contributed by atoms with Crippen LogP contribution in [0.25, 0.3) is 0 Å². The van der Waals surface area contributed by atoms with E-state index in [9.17, 15) is 0 Å². The number of hydrogen-bond acceptors (Lipinski definition) is 2. The lowest BCUT2D eigenvalue weighted by atomic mass is 9.75. The van der Waals surface area contributed by atoms with Gasteiger partial charge in [-0.15, -0.1) is 0 Å². The van der Waals surface area contributed by atoms with Gasteiger partial charge in [0.25, 0.3) is 0 Å². The molecule has 0 fully saturated rings. The van der Waals surface area contributed by atoms with Gasteiger partial charge in [0, 0.05) is 0 Å². The van der Waals surface area contributed by atoms with E-state index in [1.807, 2.05) is 42.5 Å². The van der Waals surface area contributed by atoms with Crippen molar-refractivity contribution in [2.24, 2.45) is 5.41 Å². The van der Waals surface area contributed by atoms with E-state index < -0.39 is 0 Å². The zero-order chi connectivity index (χ0) is 16.8. The number of allylic oxidation sites excluding steroid dienone is 12. The van der Waals surface area contributed by atoms with Gasteiger partial charge in [-0.2, -0.15) is 0 Å². The van der Waals surface area contributed by atoms with Gasteiger partial charge in [0.05, 0.1) is 6.26 Å². The summed E-state index contributed by atoms with van der Waals surface area (Å²) < 4.78 is 11.0. The Balaban J connectivity index is 1.77. The van der Waals surface area contributed by atoms with Crippen LogP contribution < -0.4 is 0 Å². The van der Waals surface area contributed by atoms with Crippen LogP contribution in [0.15, 0.2) is 95.8 Å². The summed E-state index contributed by atoms with van der Waals surface area (Å²) in [6.07, 6.45) is 26.4. The minimum Gasteiger partial charge on any atom is -0.490 e. The number of ether oxygens (including phenoxy) is 2. The third-order valence-electron chi connectivity index (χ3n) is 4.06. The van der Waals surface area contributed by atoms with Gasteiger partial charge in [-0.25, -0.2) is 0 Å². The first kappa shape index (κ1) is 16.4. The normalized spacial score (nSPS) is 25.6. The molecule has 0 N–H and O–H groups in total. The lowest BCUT2D eigenvalue weighted by Gasteiger charge is -2.30. The maximum Gasteiger partial charge on any atom is 0.126 e. The minimum absolute atomic E-state index is 0.254. The number of hydrogen-bond donors (Lipinski definition) is 0. The van der Waals surface area contributed by atoms with Gasteiger partial charge in [-0.05, 0) is 65.9 Å². The fourth-order valence-electron chi connectivity index (χ4n) is 3.06. The first-order valence-electron chi connectivity index (χ1n) is 8.40. The fraction of sp³-hybridized carbons (Fsp3) is 0.273. The maximum atomic E-state index is 5.58. The Morgan fingerprint density at radius 2 is 1.96 bits per heavy atom. The molecule has 1 aliphatic carbocycles. The van der Waals surface area contributed by atoms with Crippen LogP contribution in [0, 0.1) is 5.41 Å². The Hall–Kier alpha value is -2.48. The molecule has 0 unspecified atom stereocenters. The van der Waals surface area contributed by atoms with Crippen LogP contribution in [0.5, 0.6) is 0 Å². The van der Waals surface area contributed by atoms with Crippen molar-refractivity contribution < 1.29 is 9.47 Å². The van der Waals surface area contributed by atoms with E-state index in [2.05, 4.69) is 38.2 Å². The Morgan fingerprint density at radius 1 is 1.04 bits per heavy atom. The van der Waals surface area contributed by atoms with Gasteiger partial charge in [-0.1, -0.05) is 44.2 Å². The quantitative estimate of drug-likeness (QED) is 0.667. The van der Waals surface area contributed by atoms with Crippen LogP contribution in [0.4, 0.5) is 0 Å². The topological polar surface area (TPSA) is 18.5 Å². The Morgan fingerprint density at radius 3 is 2.71 bits per heavy atom. The molecule has 24 heavy (non-hydrogen) atoms. The average Bonchev–Trinajstić information content (AvgIpc) is 2.59. The van der Waals surface area contributed by atoms with E-state index in [0.29, 0.717) is 6.61 Å². The highest BCUT2D eigenvalue weighted by Gasteiger charge is 2.24. The molecule has 2 heteroatoms. The molecule has 0 saturated carbocycles. The molecule has 0 spiro atoms. The minimum atomic E-state index is 0.254. The van der Waals surface area contributed by atoms with Crippen molar-refractivity contribution in [2.75, 3.05) is 6.61 Å². The predicted molar refractivity (Wildman–Crippen MR) is 98.9 cm³/mol. The van der Waals surface area contributed by atoms with Crippen molar-refractivity contribution in [2.45, 2.75) is 26.7 Å². The molecule has 0 radical (unpaired) electrons. The van der Waals surface area contributed by atoms with Gasteiger partial charge in [-0.3, -0.25) is 0 Å². The van der Waals surface area contributed by atoms with E-state index in [4.69, 9.17) is 9.47 Å². The van der Waals surface area contributed by atoms with E-state index in [1.54, 1.807) is 6.26 Å². The van der Waals surface area contributed by atoms with Crippen LogP contribution in [0.3, 0.4) is 0 Å². The molecule has 0 aromatic heterocycles. The molecular weight excluding hydrogens is 296 g/mol. The fourth-order valence-corrected chi connectivity index (χ4v) is 3.06. The van der Waals surface area contributed by atoms with Gasteiger partial charge in [0.15, 0.2) is 0 Å². The maximum absolute atomic E-state index is 5.58. The van der Waals surface area contributed by atoms with Crippen LogP contribution >= 0.6 is 0 Å². The molecule has 0 saturated heterocycles. The molecule has 0 amide bonds. The van der Waals surface area contributed by atoms with Crippen LogP contribution in [0.1, 0.15) is 26.7 Å². The first-order valence-corrected chi connectivity index (χ1v) is 8.40. The van der Waals surface area contributed by atoms with Gasteiger partial charge in [0.1, 0.15) is 18.1 Å². The Labute approximate surface area is 144 Å². The predicted octanol–water partition coefficient (Wildman–Crippen LogP) is 5.67. The summed E-state index contributed by atoms with van der Waals surface area (Å²) in [5.74, 6) is 1.79. The van der Waals surface area contributed by atoms with E-state index in [-0.39, 0.29) is 5.41 Å².